The molecule has 7 heteroatoms. The van der Waals surface area contributed by atoms with Crippen LogP contribution in [-0.2, 0) is 19.3 Å². The van der Waals surface area contributed by atoms with Crippen molar-refractivity contribution in [3.63, 3.8) is 0 Å². The molecule has 146 valence electrons. The summed E-state index contributed by atoms with van der Waals surface area (Å²) in [6, 6.07) is 15.6. The third kappa shape index (κ3) is 3.51. The van der Waals surface area contributed by atoms with Crippen molar-refractivity contribution in [2.75, 3.05) is 12.4 Å². The predicted octanol–water partition coefficient (Wildman–Crippen LogP) is 4.61. The van der Waals surface area contributed by atoms with Crippen LogP contribution in [0, 0.1) is 0 Å². The van der Waals surface area contributed by atoms with Crippen LogP contribution in [-0.4, -0.2) is 26.7 Å². The second kappa shape index (κ2) is 7.37. The van der Waals surface area contributed by atoms with E-state index in [4.69, 9.17) is 26.4 Å². The number of anilines is 2. The highest BCUT2D eigenvalue weighted by atomic mass is 35.5. The smallest absolute Gasteiger partial charge is 0.254 e. The number of aryl methyl sites for hydroxylation is 1. The van der Waals surface area contributed by atoms with Gasteiger partial charge in [-0.15, -0.1) is 5.10 Å². The van der Waals surface area contributed by atoms with Crippen molar-refractivity contribution in [2.24, 2.45) is 0 Å². The van der Waals surface area contributed by atoms with Crippen LogP contribution < -0.4 is 10.1 Å². The zero-order chi connectivity index (χ0) is 19.8. The highest BCUT2D eigenvalue weighted by Gasteiger charge is 2.22. The molecule has 1 N–H and O–H groups in total. The van der Waals surface area contributed by atoms with Gasteiger partial charge in [0, 0.05) is 28.8 Å². The lowest BCUT2D eigenvalue weighted by atomic mass is 10.1. The van der Waals surface area contributed by atoms with Crippen molar-refractivity contribution >= 4 is 28.9 Å². The molecule has 2 heterocycles. The van der Waals surface area contributed by atoms with Crippen molar-refractivity contribution in [1.82, 2.24) is 19.6 Å². The first-order valence-corrected chi connectivity index (χ1v) is 10.0. The van der Waals surface area contributed by atoms with Gasteiger partial charge in [-0.3, -0.25) is 0 Å². The fraction of sp³-hybridized carbons (Fsp3) is 0.227. The third-order valence-electron chi connectivity index (χ3n) is 5.16. The zero-order valence-electron chi connectivity index (χ0n) is 16.0. The van der Waals surface area contributed by atoms with E-state index in [1.165, 1.54) is 5.56 Å². The van der Waals surface area contributed by atoms with Gasteiger partial charge in [0.1, 0.15) is 11.6 Å². The predicted molar refractivity (Wildman–Crippen MR) is 113 cm³/mol. The molecule has 2 aromatic heterocycles. The largest absolute Gasteiger partial charge is 0.497 e. The summed E-state index contributed by atoms with van der Waals surface area (Å²) >= 11 is 5.99. The van der Waals surface area contributed by atoms with Gasteiger partial charge in [0.05, 0.1) is 12.8 Å². The Morgan fingerprint density at radius 2 is 1.97 bits per heavy atom. The van der Waals surface area contributed by atoms with E-state index in [0.29, 0.717) is 12.2 Å². The minimum atomic E-state index is 0.625. The Bertz CT molecular complexity index is 1190. The Labute approximate surface area is 173 Å². The number of hydrogen-bond acceptors (Lipinski definition) is 5. The van der Waals surface area contributed by atoms with Gasteiger partial charge in [-0.1, -0.05) is 29.8 Å². The molecule has 0 amide bonds. The van der Waals surface area contributed by atoms with E-state index in [-0.39, 0.29) is 0 Å². The van der Waals surface area contributed by atoms with E-state index in [1.807, 2.05) is 53.0 Å². The summed E-state index contributed by atoms with van der Waals surface area (Å²) in [6.07, 6.45) is 3.68. The summed E-state index contributed by atoms with van der Waals surface area (Å²) in [5.74, 6) is 3.10. The fourth-order valence-electron chi connectivity index (χ4n) is 3.75. The monoisotopic (exact) mass is 405 g/mol. The van der Waals surface area contributed by atoms with Crippen molar-refractivity contribution < 1.29 is 4.74 Å². The lowest BCUT2D eigenvalue weighted by molar-refractivity contribution is 0.415. The quantitative estimate of drug-likeness (QED) is 0.525. The number of benzene rings is 2. The van der Waals surface area contributed by atoms with Gasteiger partial charge in [0.2, 0.25) is 0 Å². The van der Waals surface area contributed by atoms with Gasteiger partial charge in [-0.25, -0.2) is 4.98 Å². The number of rotatable bonds is 5. The zero-order valence-corrected chi connectivity index (χ0v) is 16.8. The maximum atomic E-state index is 5.99. The molecule has 2 aromatic carbocycles. The highest BCUT2D eigenvalue weighted by Crippen LogP contribution is 2.31. The summed E-state index contributed by atoms with van der Waals surface area (Å²) in [7, 11) is 1.67. The SMILES string of the molecule is COc1cccc(Nc2c3c(nc4nc(Cc5ccc(Cl)cc5)nn24)CCC3)c1. The lowest BCUT2D eigenvalue weighted by Crippen LogP contribution is -2.07. The molecule has 0 fully saturated rings. The molecule has 4 aromatic rings. The first-order valence-electron chi connectivity index (χ1n) is 9.62. The maximum absolute atomic E-state index is 5.99. The molecule has 0 saturated carbocycles. The number of ether oxygens (including phenoxy) is 1. The molecule has 6 nitrogen and oxygen atoms in total. The number of aromatic nitrogens is 4. The maximum Gasteiger partial charge on any atom is 0.254 e. The van der Waals surface area contributed by atoms with Crippen LogP contribution in [0.4, 0.5) is 11.5 Å². The van der Waals surface area contributed by atoms with Gasteiger partial charge >= 0.3 is 0 Å². The number of fused-ring (bicyclic) bond motifs is 2. The van der Waals surface area contributed by atoms with Crippen LogP contribution in [0.2, 0.25) is 5.02 Å². The molecule has 5 rings (SSSR count). The Morgan fingerprint density at radius 3 is 2.79 bits per heavy atom. The summed E-state index contributed by atoms with van der Waals surface area (Å²) < 4.78 is 7.18. The molecule has 0 aliphatic heterocycles. The molecule has 0 spiro atoms. The molecule has 29 heavy (non-hydrogen) atoms. The molecule has 0 radical (unpaired) electrons. The molecule has 0 atom stereocenters. The standard InChI is InChI=1S/C22H20ClN5O/c1-29-17-5-2-4-16(13-17)24-21-18-6-3-7-19(18)25-22-26-20(27-28(21)22)12-14-8-10-15(23)11-9-14/h2,4-5,8-11,13,24H,3,6-7,12H2,1H3. The van der Waals surface area contributed by atoms with Gasteiger partial charge < -0.3 is 10.1 Å². The second-order valence-electron chi connectivity index (χ2n) is 7.14. The van der Waals surface area contributed by atoms with E-state index in [2.05, 4.69) is 10.3 Å². The van der Waals surface area contributed by atoms with E-state index >= 15 is 0 Å². The molecule has 0 bridgehead atoms. The third-order valence-corrected chi connectivity index (χ3v) is 5.42. The molecule has 0 saturated heterocycles. The van der Waals surface area contributed by atoms with Gasteiger partial charge in [-0.05, 0) is 49.1 Å². The second-order valence-corrected chi connectivity index (χ2v) is 7.58. The highest BCUT2D eigenvalue weighted by molar-refractivity contribution is 6.30. The first-order chi connectivity index (χ1) is 14.2. The minimum absolute atomic E-state index is 0.625. The van der Waals surface area contributed by atoms with Crippen LogP contribution >= 0.6 is 11.6 Å². The average Bonchev–Trinajstić information content (AvgIpc) is 3.36. The van der Waals surface area contributed by atoms with Crippen molar-refractivity contribution in [1.29, 1.82) is 0 Å². The summed E-state index contributed by atoms with van der Waals surface area (Å²) in [5.41, 5.74) is 4.37. The van der Waals surface area contributed by atoms with Crippen molar-refractivity contribution in [2.45, 2.75) is 25.7 Å². The van der Waals surface area contributed by atoms with E-state index in [0.717, 1.165) is 58.6 Å². The summed E-state index contributed by atoms with van der Waals surface area (Å²) in [5, 5.41) is 9.01. The van der Waals surface area contributed by atoms with Crippen LogP contribution in [0.15, 0.2) is 48.5 Å². The Morgan fingerprint density at radius 1 is 1.10 bits per heavy atom. The number of halogens is 1. The summed E-state index contributed by atoms with van der Waals surface area (Å²) in [4.78, 5) is 9.46. The summed E-state index contributed by atoms with van der Waals surface area (Å²) in [6.45, 7) is 0. The lowest BCUT2D eigenvalue weighted by Gasteiger charge is -2.13. The topological polar surface area (TPSA) is 64.3 Å². The van der Waals surface area contributed by atoms with E-state index in [9.17, 15) is 0 Å². The van der Waals surface area contributed by atoms with Gasteiger partial charge in [0.15, 0.2) is 5.82 Å². The fourth-order valence-corrected chi connectivity index (χ4v) is 3.87. The molecular weight excluding hydrogens is 386 g/mol. The van der Waals surface area contributed by atoms with Crippen molar-refractivity contribution in [3.05, 3.63) is 76.2 Å². The molecular formula is C22H20ClN5O. The van der Waals surface area contributed by atoms with Crippen LogP contribution in [0.1, 0.15) is 29.1 Å². The van der Waals surface area contributed by atoms with E-state index < -0.39 is 0 Å². The Kier molecular flexibility index (Phi) is 4.56. The Balaban J connectivity index is 1.56. The van der Waals surface area contributed by atoms with Crippen LogP contribution in [0.25, 0.3) is 5.78 Å². The van der Waals surface area contributed by atoms with Gasteiger partial charge in [-0.2, -0.15) is 9.50 Å². The van der Waals surface area contributed by atoms with Gasteiger partial charge in [0.25, 0.3) is 5.78 Å². The number of methoxy groups -OCH3 is 1. The van der Waals surface area contributed by atoms with Crippen molar-refractivity contribution in [3.8, 4) is 5.75 Å². The number of nitrogens with one attached hydrogen (secondary N) is 1. The van der Waals surface area contributed by atoms with E-state index in [1.54, 1.807) is 7.11 Å². The average molecular weight is 406 g/mol. The number of hydrogen-bond donors (Lipinski definition) is 1. The van der Waals surface area contributed by atoms with Crippen LogP contribution in [0.5, 0.6) is 5.75 Å². The number of nitrogens with zero attached hydrogens (tertiary/aromatic N) is 4. The molecule has 1 aliphatic carbocycles. The minimum Gasteiger partial charge on any atom is -0.497 e. The Hall–Kier alpha value is -3.12. The first kappa shape index (κ1) is 17.9. The normalized spacial score (nSPS) is 12.9. The van der Waals surface area contributed by atoms with Crippen LogP contribution in [0.3, 0.4) is 0 Å². The molecule has 0 unspecified atom stereocenters. The molecule has 1 aliphatic rings.